The Morgan fingerprint density at radius 2 is 2.47 bits per heavy atom. The van der Waals surface area contributed by atoms with Crippen LogP contribution in [0.15, 0.2) is 17.6 Å². The van der Waals surface area contributed by atoms with E-state index in [2.05, 4.69) is 10.4 Å². The van der Waals surface area contributed by atoms with Gasteiger partial charge >= 0.3 is 0 Å². The SMILES string of the molecule is NNC(=O)c1cc2c(nc3sccn32)s1. The predicted octanol–water partition coefficient (Wildman–Crippen LogP) is 1.21. The Morgan fingerprint density at radius 1 is 1.60 bits per heavy atom. The van der Waals surface area contributed by atoms with Gasteiger partial charge in [0.2, 0.25) is 0 Å². The molecule has 0 radical (unpaired) electrons. The van der Waals surface area contributed by atoms with Crippen molar-refractivity contribution in [3.8, 4) is 0 Å². The van der Waals surface area contributed by atoms with Gasteiger partial charge in [-0.25, -0.2) is 10.8 Å². The van der Waals surface area contributed by atoms with E-state index in [-0.39, 0.29) is 5.91 Å². The summed E-state index contributed by atoms with van der Waals surface area (Å²) in [5, 5.41) is 1.96. The highest BCUT2D eigenvalue weighted by atomic mass is 32.1. The van der Waals surface area contributed by atoms with Crippen molar-refractivity contribution < 1.29 is 4.79 Å². The lowest BCUT2D eigenvalue weighted by Gasteiger charge is -1.91. The first-order valence-electron chi connectivity index (χ1n) is 4.15. The Morgan fingerprint density at radius 3 is 3.27 bits per heavy atom. The Kier molecular flexibility index (Phi) is 1.78. The van der Waals surface area contributed by atoms with Gasteiger partial charge in [-0.15, -0.1) is 22.7 Å². The lowest BCUT2D eigenvalue weighted by atomic mass is 10.4. The number of nitrogens with zero attached hydrogens (tertiary/aromatic N) is 2. The van der Waals surface area contributed by atoms with E-state index in [4.69, 9.17) is 5.84 Å². The Balaban J connectivity index is 2.29. The number of nitrogen functional groups attached to an aromatic ring is 1. The van der Waals surface area contributed by atoms with Crippen LogP contribution in [0.4, 0.5) is 0 Å². The summed E-state index contributed by atoms with van der Waals surface area (Å²) in [5.74, 6) is 4.79. The Labute approximate surface area is 92.1 Å². The molecular weight excluding hydrogens is 232 g/mol. The van der Waals surface area contributed by atoms with Gasteiger partial charge in [-0.3, -0.25) is 14.6 Å². The monoisotopic (exact) mass is 238 g/mol. The fraction of sp³-hybridized carbons (Fsp3) is 0. The van der Waals surface area contributed by atoms with Gasteiger partial charge in [0, 0.05) is 11.6 Å². The van der Waals surface area contributed by atoms with Crippen LogP contribution >= 0.6 is 22.7 Å². The first-order valence-corrected chi connectivity index (χ1v) is 5.85. The van der Waals surface area contributed by atoms with E-state index in [1.54, 1.807) is 17.4 Å². The van der Waals surface area contributed by atoms with Gasteiger partial charge in [0.25, 0.3) is 5.91 Å². The van der Waals surface area contributed by atoms with Crippen LogP contribution in [0.3, 0.4) is 0 Å². The van der Waals surface area contributed by atoms with Crippen LogP contribution in [0, 0.1) is 0 Å². The third kappa shape index (κ3) is 1.17. The number of amides is 1. The van der Waals surface area contributed by atoms with Gasteiger partial charge in [0.05, 0.1) is 10.4 Å². The van der Waals surface area contributed by atoms with Crippen LogP contribution in [0.2, 0.25) is 0 Å². The smallest absolute Gasteiger partial charge is 0.275 e. The second-order valence-electron chi connectivity index (χ2n) is 2.94. The zero-order chi connectivity index (χ0) is 10.4. The zero-order valence-electron chi connectivity index (χ0n) is 7.43. The maximum atomic E-state index is 11.3. The molecule has 0 bridgehead atoms. The molecule has 0 spiro atoms. The third-order valence-electron chi connectivity index (χ3n) is 2.09. The molecule has 3 rings (SSSR count). The zero-order valence-corrected chi connectivity index (χ0v) is 9.06. The van der Waals surface area contributed by atoms with E-state index < -0.39 is 0 Å². The van der Waals surface area contributed by atoms with Crippen LogP contribution in [0.25, 0.3) is 15.3 Å². The van der Waals surface area contributed by atoms with Gasteiger partial charge in [-0.1, -0.05) is 0 Å². The minimum atomic E-state index is -0.276. The minimum Gasteiger partial charge on any atom is -0.289 e. The molecule has 1 amide bonds. The Hall–Kier alpha value is -1.44. The molecule has 3 heterocycles. The second kappa shape index (κ2) is 3.02. The fourth-order valence-corrected chi connectivity index (χ4v) is 3.13. The molecule has 0 aromatic carbocycles. The highest BCUT2D eigenvalue weighted by Crippen LogP contribution is 2.27. The molecule has 0 aliphatic rings. The summed E-state index contributed by atoms with van der Waals surface area (Å²) in [6.07, 6.45) is 1.94. The summed E-state index contributed by atoms with van der Waals surface area (Å²) in [5.41, 5.74) is 3.06. The van der Waals surface area contributed by atoms with Crippen molar-refractivity contribution in [2.24, 2.45) is 5.84 Å². The van der Waals surface area contributed by atoms with E-state index >= 15 is 0 Å². The molecule has 3 N–H and O–H groups in total. The van der Waals surface area contributed by atoms with Gasteiger partial charge in [-0.2, -0.15) is 0 Å². The van der Waals surface area contributed by atoms with Crippen molar-refractivity contribution in [1.29, 1.82) is 0 Å². The molecular formula is C8H6N4OS2. The molecule has 0 saturated carbocycles. The van der Waals surface area contributed by atoms with Crippen molar-refractivity contribution in [1.82, 2.24) is 14.8 Å². The lowest BCUT2D eigenvalue weighted by Crippen LogP contribution is -2.29. The highest BCUT2D eigenvalue weighted by Gasteiger charge is 2.13. The van der Waals surface area contributed by atoms with E-state index in [0.717, 1.165) is 15.3 Å². The number of rotatable bonds is 1. The fourth-order valence-electron chi connectivity index (χ4n) is 1.43. The first-order chi connectivity index (χ1) is 7.29. The number of thiazole rings is 1. The number of imidazole rings is 1. The molecule has 3 aromatic rings. The van der Waals surface area contributed by atoms with Gasteiger partial charge in [0.1, 0.15) is 4.83 Å². The normalized spacial score (nSPS) is 11.3. The number of aromatic nitrogens is 2. The van der Waals surface area contributed by atoms with Crippen LogP contribution in [0.5, 0.6) is 0 Å². The van der Waals surface area contributed by atoms with Gasteiger partial charge in [-0.05, 0) is 6.07 Å². The highest BCUT2D eigenvalue weighted by molar-refractivity contribution is 7.21. The van der Waals surface area contributed by atoms with Crippen molar-refractivity contribution >= 4 is 43.9 Å². The van der Waals surface area contributed by atoms with Crippen molar-refractivity contribution in [2.45, 2.75) is 0 Å². The number of hydrazine groups is 1. The molecule has 0 atom stereocenters. The first kappa shape index (κ1) is 8.84. The molecule has 7 heteroatoms. The molecule has 76 valence electrons. The van der Waals surface area contributed by atoms with E-state index in [0.29, 0.717) is 4.88 Å². The standard InChI is InChI=1S/C8H6N4OS2/c9-11-6(13)5-3-4-7(15-5)10-8-12(4)1-2-14-8/h1-3H,9H2,(H,11,13). The summed E-state index contributed by atoms with van der Waals surface area (Å²) in [6, 6.07) is 1.80. The summed E-state index contributed by atoms with van der Waals surface area (Å²) in [7, 11) is 0. The largest absolute Gasteiger partial charge is 0.289 e. The van der Waals surface area contributed by atoms with Crippen LogP contribution in [-0.2, 0) is 0 Å². The quantitative estimate of drug-likeness (QED) is 0.380. The number of nitrogens with two attached hydrogens (primary N) is 1. The maximum Gasteiger partial charge on any atom is 0.275 e. The van der Waals surface area contributed by atoms with Gasteiger partial charge in [0.15, 0.2) is 4.96 Å². The van der Waals surface area contributed by atoms with E-state index in [1.165, 1.54) is 11.3 Å². The van der Waals surface area contributed by atoms with Crippen molar-refractivity contribution in [2.75, 3.05) is 0 Å². The predicted molar refractivity (Wildman–Crippen MR) is 60.1 cm³/mol. The number of fused-ring (bicyclic) bond motifs is 3. The summed E-state index contributed by atoms with van der Waals surface area (Å²) < 4.78 is 1.96. The number of carbonyl (C=O) groups excluding carboxylic acids is 1. The van der Waals surface area contributed by atoms with Gasteiger partial charge < -0.3 is 0 Å². The van der Waals surface area contributed by atoms with Crippen LogP contribution in [-0.4, -0.2) is 15.3 Å². The number of hydrogen-bond donors (Lipinski definition) is 2. The Bertz CT molecular complexity index is 650. The molecule has 0 aliphatic heterocycles. The number of carbonyl (C=O) groups is 1. The van der Waals surface area contributed by atoms with E-state index in [1.807, 2.05) is 16.0 Å². The summed E-state index contributed by atoms with van der Waals surface area (Å²) >= 11 is 2.91. The lowest BCUT2D eigenvalue weighted by molar-refractivity contribution is 0.0958. The topological polar surface area (TPSA) is 72.4 Å². The number of hydrogen-bond acceptors (Lipinski definition) is 5. The molecule has 0 saturated heterocycles. The second-order valence-corrected chi connectivity index (χ2v) is 4.85. The van der Waals surface area contributed by atoms with Crippen molar-refractivity contribution in [3.05, 3.63) is 22.5 Å². The average molecular weight is 238 g/mol. The number of thiophene rings is 1. The van der Waals surface area contributed by atoms with Crippen LogP contribution < -0.4 is 11.3 Å². The molecule has 0 unspecified atom stereocenters. The molecule has 15 heavy (non-hydrogen) atoms. The van der Waals surface area contributed by atoms with Crippen LogP contribution in [0.1, 0.15) is 9.67 Å². The summed E-state index contributed by atoms with van der Waals surface area (Å²) in [6.45, 7) is 0. The third-order valence-corrected chi connectivity index (χ3v) is 3.87. The van der Waals surface area contributed by atoms with Crippen molar-refractivity contribution in [3.63, 3.8) is 0 Å². The minimum absolute atomic E-state index is 0.276. The van der Waals surface area contributed by atoms with E-state index in [9.17, 15) is 4.79 Å². The maximum absolute atomic E-state index is 11.3. The molecule has 0 aliphatic carbocycles. The average Bonchev–Trinajstić information content (AvgIpc) is 2.85. The molecule has 5 nitrogen and oxygen atoms in total. The molecule has 3 aromatic heterocycles. The summed E-state index contributed by atoms with van der Waals surface area (Å²) in [4.78, 5) is 18.1. The number of nitrogens with one attached hydrogen (secondary N) is 1. The molecule has 0 fully saturated rings.